The molecule has 2 N–H and O–H groups in total. The molecule has 0 spiro atoms. The fourth-order valence-electron chi connectivity index (χ4n) is 3.01. The Labute approximate surface area is 95.2 Å². The first-order chi connectivity index (χ1) is 7.74. The van der Waals surface area contributed by atoms with Crippen molar-refractivity contribution in [3.8, 4) is 0 Å². The van der Waals surface area contributed by atoms with Crippen molar-refractivity contribution in [2.75, 3.05) is 11.4 Å². The monoisotopic (exact) mass is 220 g/mol. The maximum atomic E-state index is 13.2. The maximum absolute atomic E-state index is 13.2. The minimum Gasteiger partial charge on any atom is -0.367 e. The second-order valence-corrected chi connectivity index (χ2v) is 4.96. The first kappa shape index (κ1) is 10.1. The molecule has 0 bridgehead atoms. The molecule has 2 nitrogen and oxygen atoms in total. The van der Waals surface area contributed by atoms with Crippen LogP contribution in [0.25, 0.3) is 0 Å². The third-order valence-corrected chi connectivity index (χ3v) is 3.84. The lowest BCUT2D eigenvalue weighted by atomic mass is 9.88. The molecule has 1 saturated heterocycles. The minimum absolute atomic E-state index is 0.126. The summed E-state index contributed by atoms with van der Waals surface area (Å²) in [6.07, 6.45) is 4.45. The van der Waals surface area contributed by atoms with Gasteiger partial charge >= 0.3 is 0 Å². The molecule has 1 fully saturated rings. The largest absolute Gasteiger partial charge is 0.367 e. The van der Waals surface area contributed by atoms with Crippen LogP contribution in [0.3, 0.4) is 0 Å². The van der Waals surface area contributed by atoms with E-state index in [9.17, 15) is 4.39 Å². The Bertz CT molecular complexity index is 405. The van der Waals surface area contributed by atoms with E-state index in [4.69, 9.17) is 5.73 Å². The molecule has 1 aromatic rings. The van der Waals surface area contributed by atoms with E-state index >= 15 is 0 Å². The average Bonchev–Trinajstić information content (AvgIpc) is 2.28. The second-order valence-electron chi connectivity index (χ2n) is 4.96. The average molecular weight is 220 g/mol. The molecule has 0 amide bonds. The molecule has 3 heteroatoms. The number of rotatable bonds is 0. The van der Waals surface area contributed by atoms with E-state index < -0.39 is 0 Å². The smallest absolute Gasteiger partial charge is 0.123 e. The van der Waals surface area contributed by atoms with Gasteiger partial charge in [-0.3, -0.25) is 0 Å². The number of halogens is 1. The normalized spacial score (nSPS) is 28.5. The van der Waals surface area contributed by atoms with Gasteiger partial charge in [0.15, 0.2) is 0 Å². The predicted molar refractivity (Wildman–Crippen MR) is 63.1 cm³/mol. The highest BCUT2D eigenvalue weighted by molar-refractivity contribution is 5.57. The van der Waals surface area contributed by atoms with Gasteiger partial charge < -0.3 is 10.6 Å². The third-order valence-electron chi connectivity index (χ3n) is 3.84. The van der Waals surface area contributed by atoms with Crippen LogP contribution in [-0.2, 0) is 6.42 Å². The molecule has 86 valence electrons. The Morgan fingerprint density at radius 3 is 3.00 bits per heavy atom. The molecule has 2 heterocycles. The summed E-state index contributed by atoms with van der Waals surface area (Å²) in [4.78, 5) is 2.38. The van der Waals surface area contributed by atoms with Crippen molar-refractivity contribution in [2.24, 2.45) is 5.73 Å². The topological polar surface area (TPSA) is 29.3 Å². The van der Waals surface area contributed by atoms with Crippen LogP contribution in [-0.4, -0.2) is 18.6 Å². The van der Waals surface area contributed by atoms with Crippen LogP contribution in [0, 0.1) is 5.82 Å². The lowest BCUT2D eigenvalue weighted by Gasteiger charge is -2.44. The summed E-state index contributed by atoms with van der Waals surface area (Å²) in [5.41, 5.74) is 8.36. The molecular weight excluding hydrogens is 203 g/mol. The third kappa shape index (κ3) is 1.59. The first-order valence-electron chi connectivity index (χ1n) is 6.04. The first-order valence-corrected chi connectivity index (χ1v) is 6.04. The SMILES string of the molecule is NC1CCC2CCc3cc(F)ccc3N2C1. The number of anilines is 1. The predicted octanol–water partition coefficient (Wildman–Crippen LogP) is 2.07. The minimum atomic E-state index is -0.126. The number of benzene rings is 1. The molecule has 0 saturated carbocycles. The van der Waals surface area contributed by atoms with Crippen LogP contribution in [0.4, 0.5) is 10.1 Å². The quantitative estimate of drug-likeness (QED) is 0.725. The Kier molecular flexibility index (Phi) is 2.36. The number of piperidine rings is 1. The van der Waals surface area contributed by atoms with Crippen LogP contribution < -0.4 is 10.6 Å². The van der Waals surface area contributed by atoms with Gasteiger partial charge in [0.1, 0.15) is 5.82 Å². The lowest BCUT2D eigenvalue weighted by Crippen LogP contribution is -2.50. The number of aryl methyl sites for hydroxylation is 1. The van der Waals surface area contributed by atoms with Gasteiger partial charge in [-0.1, -0.05) is 0 Å². The number of nitrogens with zero attached hydrogens (tertiary/aromatic N) is 1. The van der Waals surface area contributed by atoms with Crippen molar-refractivity contribution in [3.05, 3.63) is 29.6 Å². The Morgan fingerprint density at radius 2 is 2.12 bits per heavy atom. The molecule has 2 aliphatic heterocycles. The van der Waals surface area contributed by atoms with E-state index in [1.165, 1.54) is 12.1 Å². The van der Waals surface area contributed by atoms with E-state index in [2.05, 4.69) is 4.90 Å². The maximum Gasteiger partial charge on any atom is 0.123 e. The fourth-order valence-corrected chi connectivity index (χ4v) is 3.01. The summed E-state index contributed by atoms with van der Waals surface area (Å²) in [5.74, 6) is -0.126. The van der Waals surface area contributed by atoms with Gasteiger partial charge in [0.2, 0.25) is 0 Å². The zero-order chi connectivity index (χ0) is 11.1. The molecule has 0 radical (unpaired) electrons. The zero-order valence-electron chi connectivity index (χ0n) is 9.32. The van der Waals surface area contributed by atoms with Crippen LogP contribution >= 0.6 is 0 Å². The van der Waals surface area contributed by atoms with Crippen molar-refractivity contribution in [1.82, 2.24) is 0 Å². The Balaban J connectivity index is 1.97. The van der Waals surface area contributed by atoms with Gasteiger partial charge in [-0.25, -0.2) is 4.39 Å². The molecule has 0 aromatic heterocycles. The number of hydrogen-bond acceptors (Lipinski definition) is 2. The summed E-state index contributed by atoms with van der Waals surface area (Å²) >= 11 is 0. The van der Waals surface area contributed by atoms with E-state index in [-0.39, 0.29) is 11.9 Å². The molecule has 2 aliphatic rings. The molecular formula is C13H17FN2. The highest BCUT2D eigenvalue weighted by Crippen LogP contribution is 2.35. The number of nitrogens with two attached hydrogens (primary N) is 1. The second kappa shape index (κ2) is 3.74. The van der Waals surface area contributed by atoms with Crippen molar-refractivity contribution in [1.29, 1.82) is 0 Å². The fraction of sp³-hybridized carbons (Fsp3) is 0.538. The van der Waals surface area contributed by atoms with E-state index in [0.717, 1.165) is 31.4 Å². The number of hydrogen-bond donors (Lipinski definition) is 1. The van der Waals surface area contributed by atoms with Crippen LogP contribution in [0.1, 0.15) is 24.8 Å². The summed E-state index contributed by atoms with van der Waals surface area (Å²) in [7, 11) is 0. The van der Waals surface area contributed by atoms with Gasteiger partial charge in [0.25, 0.3) is 0 Å². The highest BCUT2D eigenvalue weighted by Gasteiger charge is 2.31. The van der Waals surface area contributed by atoms with E-state index in [1.54, 1.807) is 12.1 Å². The zero-order valence-corrected chi connectivity index (χ0v) is 9.32. The van der Waals surface area contributed by atoms with E-state index in [0.29, 0.717) is 6.04 Å². The van der Waals surface area contributed by atoms with Gasteiger partial charge in [0.05, 0.1) is 0 Å². The lowest BCUT2D eigenvalue weighted by molar-refractivity contribution is 0.390. The molecule has 0 aliphatic carbocycles. The van der Waals surface area contributed by atoms with Gasteiger partial charge in [-0.2, -0.15) is 0 Å². The standard InChI is InChI=1S/C13H17FN2/c14-10-2-6-13-9(7-10)1-4-12-5-3-11(15)8-16(12)13/h2,6-7,11-12H,1,3-5,8,15H2. The van der Waals surface area contributed by atoms with Gasteiger partial charge in [-0.15, -0.1) is 0 Å². The Hall–Kier alpha value is -1.09. The molecule has 16 heavy (non-hydrogen) atoms. The summed E-state index contributed by atoms with van der Waals surface area (Å²) in [6, 6.07) is 6.03. The molecule has 3 rings (SSSR count). The molecule has 2 unspecified atom stereocenters. The van der Waals surface area contributed by atoms with Gasteiger partial charge in [0, 0.05) is 24.3 Å². The van der Waals surface area contributed by atoms with Gasteiger partial charge in [-0.05, 0) is 49.4 Å². The molecule has 2 atom stereocenters. The summed E-state index contributed by atoms with van der Waals surface area (Å²) < 4.78 is 13.2. The van der Waals surface area contributed by atoms with Crippen molar-refractivity contribution in [3.63, 3.8) is 0 Å². The van der Waals surface area contributed by atoms with E-state index in [1.807, 2.05) is 6.07 Å². The van der Waals surface area contributed by atoms with Crippen LogP contribution in [0.5, 0.6) is 0 Å². The summed E-state index contributed by atoms with van der Waals surface area (Å²) in [6.45, 7) is 0.920. The van der Waals surface area contributed by atoms with Crippen molar-refractivity contribution in [2.45, 2.75) is 37.8 Å². The van der Waals surface area contributed by atoms with Crippen LogP contribution in [0.2, 0.25) is 0 Å². The van der Waals surface area contributed by atoms with Crippen molar-refractivity contribution >= 4 is 5.69 Å². The van der Waals surface area contributed by atoms with Crippen LogP contribution in [0.15, 0.2) is 18.2 Å². The van der Waals surface area contributed by atoms with Crippen molar-refractivity contribution < 1.29 is 4.39 Å². The Morgan fingerprint density at radius 1 is 1.25 bits per heavy atom. The number of fused-ring (bicyclic) bond motifs is 3. The highest BCUT2D eigenvalue weighted by atomic mass is 19.1. The summed E-state index contributed by atoms with van der Waals surface area (Å²) in [5, 5.41) is 0. The molecule has 1 aromatic carbocycles.